The molecule has 1 aliphatic heterocycles. The van der Waals surface area contributed by atoms with Crippen LogP contribution >= 0.6 is 27.3 Å². The van der Waals surface area contributed by atoms with Gasteiger partial charge in [0.2, 0.25) is 0 Å². The van der Waals surface area contributed by atoms with E-state index < -0.39 is 5.60 Å². The second-order valence-electron chi connectivity index (χ2n) is 7.76. The number of carbonyl (C=O) groups is 1. The van der Waals surface area contributed by atoms with Gasteiger partial charge in [0.05, 0.1) is 18.5 Å². The molecule has 0 spiro atoms. The summed E-state index contributed by atoms with van der Waals surface area (Å²) < 4.78 is 6.44. The first-order valence-electron chi connectivity index (χ1n) is 8.84. The van der Waals surface area contributed by atoms with Crippen LogP contribution in [-0.2, 0) is 17.7 Å². The Morgan fingerprint density at radius 2 is 2.15 bits per heavy atom. The molecule has 0 aliphatic carbocycles. The summed E-state index contributed by atoms with van der Waals surface area (Å²) in [4.78, 5) is 20.0. The number of thiophene rings is 1. The Morgan fingerprint density at radius 3 is 2.85 bits per heavy atom. The fourth-order valence-corrected chi connectivity index (χ4v) is 4.66. The van der Waals surface area contributed by atoms with Gasteiger partial charge in [0.15, 0.2) is 0 Å². The molecular formula is C20H23BrN2O3S. The van der Waals surface area contributed by atoms with Gasteiger partial charge in [0, 0.05) is 17.1 Å². The number of esters is 1. The van der Waals surface area contributed by atoms with Crippen molar-refractivity contribution in [3.8, 4) is 5.75 Å². The molecule has 3 rings (SSSR count). The van der Waals surface area contributed by atoms with E-state index in [1.54, 1.807) is 12.1 Å². The standard InChI is InChI=1S/C20H23BrN2O3S/c1-20(2,3)26-19(25)17-14-7-8-23(4)11-16(14)27-18(17)22-10-12-9-13(21)5-6-15(12)24/h5-6,9-10,24H,7-8,11H2,1-4H3. The van der Waals surface area contributed by atoms with Crippen molar-refractivity contribution in [2.75, 3.05) is 13.6 Å². The molecule has 0 radical (unpaired) electrons. The number of likely N-dealkylation sites (N-methyl/N-ethyl adjacent to an activating group) is 1. The lowest BCUT2D eigenvalue weighted by atomic mass is 10.0. The number of rotatable bonds is 3. The van der Waals surface area contributed by atoms with Crippen LogP contribution in [0.3, 0.4) is 0 Å². The summed E-state index contributed by atoms with van der Waals surface area (Å²) in [5.74, 6) is -0.449. The van der Waals surface area contributed by atoms with Crippen molar-refractivity contribution in [2.45, 2.75) is 39.3 Å². The van der Waals surface area contributed by atoms with E-state index in [1.807, 2.05) is 20.8 Å². The molecule has 1 atom stereocenters. The third-order valence-electron chi connectivity index (χ3n) is 4.23. The van der Waals surface area contributed by atoms with Crippen LogP contribution in [0.2, 0.25) is 0 Å². The van der Waals surface area contributed by atoms with E-state index in [0.29, 0.717) is 16.1 Å². The van der Waals surface area contributed by atoms with Gasteiger partial charge in [-0.2, -0.15) is 0 Å². The van der Waals surface area contributed by atoms with Crippen molar-refractivity contribution >= 4 is 44.5 Å². The maximum Gasteiger partial charge on any atom is 0.342 e. The number of quaternary nitrogens is 1. The minimum atomic E-state index is -0.573. The minimum absolute atomic E-state index is 0.105. The highest BCUT2D eigenvalue weighted by molar-refractivity contribution is 9.10. The summed E-state index contributed by atoms with van der Waals surface area (Å²) in [7, 11) is 2.14. The van der Waals surface area contributed by atoms with Gasteiger partial charge >= 0.3 is 5.97 Å². The highest BCUT2D eigenvalue weighted by atomic mass is 79.9. The molecule has 0 saturated heterocycles. The molecule has 0 bridgehead atoms. The minimum Gasteiger partial charge on any atom is -0.872 e. The summed E-state index contributed by atoms with van der Waals surface area (Å²) in [6.45, 7) is 7.41. The van der Waals surface area contributed by atoms with Crippen molar-refractivity contribution < 1.29 is 19.5 Å². The maximum absolute atomic E-state index is 12.9. The van der Waals surface area contributed by atoms with Crippen LogP contribution in [-0.4, -0.2) is 31.4 Å². The molecular weight excluding hydrogens is 428 g/mol. The van der Waals surface area contributed by atoms with Gasteiger partial charge in [-0.25, -0.2) is 9.79 Å². The molecule has 0 fully saturated rings. The van der Waals surface area contributed by atoms with Gasteiger partial charge in [0.25, 0.3) is 0 Å². The molecule has 1 unspecified atom stereocenters. The number of hydrogen-bond donors (Lipinski definition) is 1. The molecule has 2 heterocycles. The van der Waals surface area contributed by atoms with Crippen LogP contribution in [0.15, 0.2) is 27.7 Å². The predicted molar refractivity (Wildman–Crippen MR) is 109 cm³/mol. The first-order chi connectivity index (χ1) is 12.6. The number of nitrogens with zero attached hydrogens (tertiary/aromatic N) is 1. The van der Waals surface area contributed by atoms with Gasteiger partial charge in [-0.15, -0.1) is 11.3 Å². The number of halogens is 1. The zero-order valence-corrected chi connectivity index (χ0v) is 18.3. The van der Waals surface area contributed by atoms with Crippen LogP contribution in [0, 0.1) is 0 Å². The zero-order valence-electron chi connectivity index (χ0n) is 15.9. The monoisotopic (exact) mass is 450 g/mol. The number of nitrogens with one attached hydrogen (secondary N) is 1. The quantitative estimate of drug-likeness (QED) is 0.577. The van der Waals surface area contributed by atoms with Gasteiger partial charge in [0.1, 0.15) is 22.7 Å². The highest BCUT2D eigenvalue weighted by Crippen LogP contribution is 2.38. The molecule has 7 heteroatoms. The number of ether oxygens (including phenoxy) is 1. The molecule has 1 N–H and O–H groups in total. The Balaban J connectivity index is 2.02. The van der Waals surface area contributed by atoms with Crippen LogP contribution in [0.4, 0.5) is 5.00 Å². The molecule has 0 amide bonds. The van der Waals surface area contributed by atoms with Crippen LogP contribution < -0.4 is 10.0 Å². The number of aliphatic imine (C=N–C) groups is 1. The lowest BCUT2D eigenvalue weighted by Gasteiger charge is -2.22. The van der Waals surface area contributed by atoms with E-state index in [4.69, 9.17) is 4.74 Å². The van der Waals surface area contributed by atoms with Gasteiger partial charge in [-0.05, 0) is 44.0 Å². The van der Waals surface area contributed by atoms with Crippen molar-refractivity contribution in [1.29, 1.82) is 0 Å². The molecule has 27 heavy (non-hydrogen) atoms. The van der Waals surface area contributed by atoms with Gasteiger partial charge in [-0.3, -0.25) is 0 Å². The molecule has 1 aromatic heterocycles. The smallest absolute Gasteiger partial charge is 0.342 e. The first kappa shape index (κ1) is 20.0. The molecule has 5 nitrogen and oxygen atoms in total. The second-order valence-corrected chi connectivity index (χ2v) is 9.76. The average Bonchev–Trinajstić information content (AvgIpc) is 2.91. The number of benzene rings is 1. The Bertz CT molecular complexity index is 899. The Morgan fingerprint density at radius 1 is 1.41 bits per heavy atom. The normalized spacial score (nSPS) is 17.1. The van der Waals surface area contributed by atoms with E-state index in [2.05, 4.69) is 28.0 Å². The van der Waals surface area contributed by atoms with Crippen LogP contribution in [0.5, 0.6) is 5.75 Å². The number of hydrogen-bond acceptors (Lipinski definition) is 5. The predicted octanol–water partition coefficient (Wildman–Crippen LogP) is 2.86. The highest BCUT2D eigenvalue weighted by Gasteiger charge is 2.31. The van der Waals surface area contributed by atoms with Crippen molar-refractivity contribution in [3.63, 3.8) is 0 Å². The Hall–Kier alpha value is -1.70. The van der Waals surface area contributed by atoms with Crippen LogP contribution in [0.1, 0.15) is 47.1 Å². The molecule has 2 aromatic rings. The van der Waals surface area contributed by atoms with E-state index in [0.717, 1.165) is 29.5 Å². The lowest BCUT2D eigenvalue weighted by Crippen LogP contribution is -3.08. The molecule has 0 saturated carbocycles. The van der Waals surface area contributed by atoms with Gasteiger partial charge < -0.3 is 14.7 Å². The topological polar surface area (TPSA) is 66.2 Å². The summed E-state index contributed by atoms with van der Waals surface area (Å²) in [5, 5.41) is 12.6. The van der Waals surface area contributed by atoms with E-state index in [9.17, 15) is 9.90 Å². The Kier molecular flexibility index (Phi) is 5.74. The summed E-state index contributed by atoms with van der Waals surface area (Å²) in [5.41, 5.74) is 1.50. The van der Waals surface area contributed by atoms with E-state index in [-0.39, 0.29) is 11.7 Å². The van der Waals surface area contributed by atoms with Gasteiger partial charge in [-0.1, -0.05) is 27.7 Å². The molecule has 1 aromatic carbocycles. The summed E-state index contributed by atoms with van der Waals surface area (Å²) in [6.07, 6.45) is 2.36. The SMILES string of the molecule is C[NH+]1CCc2c(sc(N=Cc3cc(Br)ccc3[O-])c2C(=O)OC(C)(C)C)C1. The lowest BCUT2D eigenvalue weighted by molar-refractivity contribution is -0.895. The fraction of sp³-hybridized carbons (Fsp3) is 0.400. The molecule has 144 valence electrons. The van der Waals surface area contributed by atoms with Crippen LogP contribution in [0.25, 0.3) is 0 Å². The largest absolute Gasteiger partial charge is 0.872 e. The van der Waals surface area contributed by atoms with E-state index in [1.165, 1.54) is 33.4 Å². The summed E-state index contributed by atoms with van der Waals surface area (Å²) in [6, 6.07) is 4.93. The fourth-order valence-electron chi connectivity index (χ4n) is 2.98. The van der Waals surface area contributed by atoms with Crippen molar-refractivity contribution in [2.24, 2.45) is 4.99 Å². The molecule has 1 aliphatic rings. The Labute approximate surface area is 171 Å². The number of fused-ring (bicyclic) bond motifs is 1. The first-order valence-corrected chi connectivity index (χ1v) is 10.4. The summed E-state index contributed by atoms with van der Waals surface area (Å²) >= 11 is 4.89. The number of carbonyl (C=O) groups excluding carboxylic acids is 1. The third kappa shape index (κ3) is 4.78. The zero-order chi connectivity index (χ0) is 19.8. The van der Waals surface area contributed by atoms with Crippen molar-refractivity contribution in [3.05, 3.63) is 44.2 Å². The second kappa shape index (κ2) is 7.73. The average molecular weight is 451 g/mol. The van der Waals surface area contributed by atoms with Crippen molar-refractivity contribution in [1.82, 2.24) is 0 Å². The third-order valence-corrected chi connectivity index (χ3v) is 5.87. The maximum atomic E-state index is 12.9. The van der Waals surface area contributed by atoms with E-state index >= 15 is 0 Å².